The molecular weight excluding hydrogens is 270 g/mol. The van der Waals surface area contributed by atoms with E-state index in [-0.39, 0.29) is 18.0 Å². The Morgan fingerprint density at radius 1 is 1.47 bits per heavy atom. The second-order valence-corrected chi connectivity index (χ2v) is 5.27. The third-order valence-electron chi connectivity index (χ3n) is 3.22. The Hall–Kier alpha value is -1.46. The molecule has 0 atom stereocenters. The maximum atomic E-state index is 11.2. The summed E-state index contributed by atoms with van der Waals surface area (Å²) < 4.78 is 5.01. The van der Waals surface area contributed by atoms with E-state index in [1.54, 1.807) is 31.9 Å². The van der Waals surface area contributed by atoms with Gasteiger partial charge in [0.25, 0.3) is 0 Å². The molecular formula is C13H18ClNO4. The van der Waals surface area contributed by atoms with Crippen LogP contribution in [0.4, 0.5) is 0 Å². The Bertz CT molecular complexity index is 488. The van der Waals surface area contributed by atoms with Crippen LogP contribution in [0.1, 0.15) is 19.4 Å². The van der Waals surface area contributed by atoms with E-state index in [4.69, 9.17) is 21.4 Å². The van der Waals surface area contributed by atoms with Gasteiger partial charge in [0.2, 0.25) is 0 Å². The smallest absolute Gasteiger partial charge is 0.323 e. The summed E-state index contributed by atoms with van der Waals surface area (Å²) in [6.07, 6.45) is 0. The SMILES string of the molecule is COc1cc(Cl)cc(CN(C)C(C)(C)C(=O)O)c1O. The molecule has 2 N–H and O–H groups in total. The first-order valence-corrected chi connectivity index (χ1v) is 6.08. The summed E-state index contributed by atoms with van der Waals surface area (Å²) in [7, 11) is 3.10. The summed E-state index contributed by atoms with van der Waals surface area (Å²) in [6.45, 7) is 3.42. The molecule has 1 aromatic rings. The number of carbonyl (C=O) groups is 1. The molecule has 0 bridgehead atoms. The number of halogens is 1. The molecule has 0 heterocycles. The normalized spacial score (nSPS) is 11.7. The van der Waals surface area contributed by atoms with Gasteiger partial charge < -0.3 is 14.9 Å². The topological polar surface area (TPSA) is 70.0 Å². The molecule has 106 valence electrons. The summed E-state index contributed by atoms with van der Waals surface area (Å²) in [4.78, 5) is 12.8. The highest BCUT2D eigenvalue weighted by Gasteiger charge is 2.32. The van der Waals surface area contributed by atoms with E-state index in [0.717, 1.165) is 0 Å². The number of hydrogen-bond donors (Lipinski definition) is 2. The van der Waals surface area contributed by atoms with E-state index < -0.39 is 11.5 Å². The lowest BCUT2D eigenvalue weighted by Gasteiger charge is -2.31. The Labute approximate surface area is 117 Å². The highest BCUT2D eigenvalue weighted by Crippen LogP contribution is 2.34. The number of likely N-dealkylation sites (N-methyl/N-ethyl adjacent to an activating group) is 1. The number of aromatic hydroxyl groups is 1. The van der Waals surface area contributed by atoms with E-state index in [2.05, 4.69) is 0 Å². The first-order valence-electron chi connectivity index (χ1n) is 5.70. The minimum Gasteiger partial charge on any atom is -0.504 e. The number of carboxylic acid groups (broad SMARTS) is 1. The number of methoxy groups -OCH3 is 1. The Balaban J connectivity index is 3.06. The van der Waals surface area contributed by atoms with Gasteiger partial charge in [0, 0.05) is 23.2 Å². The van der Waals surface area contributed by atoms with Crippen molar-refractivity contribution in [3.05, 3.63) is 22.7 Å². The van der Waals surface area contributed by atoms with Crippen LogP contribution in [0.15, 0.2) is 12.1 Å². The molecule has 0 aliphatic carbocycles. The summed E-state index contributed by atoms with van der Waals surface area (Å²) in [5.41, 5.74) is -0.539. The fourth-order valence-electron chi connectivity index (χ4n) is 1.52. The van der Waals surface area contributed by atoms with Crippen molar-refractivity contribution < 1.29 is 19.7 Å². The number of phenolic OH excluding ortho intramolecular Hbond substituents is 1. The zero-order chi connectivity index (χ0) is 14.8. The van der Waals surface area contributed by atoms with Crippen LogP contribution in [0.2, 0.25) is 5.02 Å². The molecule has 0 aliphatic rings. The van der Waals surface area contributed by atoms with Gasteiger partial charge in [0.1, 0.15) is 5.54 Å². The third-order valence-corrected chi connectivity index (χ3v) is 3.44. The van der Waals surface area contributed by atoms with Crippen LogP contribution >= 0.6 is 11.6 Å². The number of aliphatic carboxylic acids is 1. The highest BCUT2D eigenvalue weighted by molar-refractivity contribution is 6.30. The molecule has 0 spiro atoms. The Morgan fingerprint density at radius 3 is 2.53 bits per heavy atom. The van der Waals surface area contributed by atoms with Crippen molar-refractivity contribution in [1.29, 1.82) is 0 Å². The lowest BCUT2D eigenvalue weighted by molar-refractivity contribution is -0.148. The van der Waals surface area contributed by atoms with Gasteiger partial charge in [0.05, 0.1) is 7.11 Å². The number of carboxylic acids is 1. The maximum Gasteiger partial charge on any atom is 0.323 e. The fourth-order valence-corrected chi connectivity index (χ4v) is 1.75. The van der Waals surface area contributed by atoms with Crippen molar-refractivity contribution in [1.82, 2.24) is 4.90 Å². The minimum absolute atomic E-state index is 0.0278. The second-order valence-electron chi connectivity index (χ2n) is 4.84. The predicted octanol–water partition coefficient (Wildman–Crippen LogP) is 2.35. The van der Waals surface area contributed by atoms with Gasteiger partial charge in [0.15, 0.2) is 11.5 Å². The van der Waals surface area contributed by atoms with Crippen LogP contribution in [0.5, 0.6) is 11.5 Å². The summed E-state index contributed by atoms with van der Waals surface area (Å²) >= 11 is 5.94. The monoisotopic (exact) mass is 287 g/mol. The Kier molecular flexibility index (Phi) is 4.66. The Morgan fingerprint density at radius 2 is 2.05 bits per heavy atom. The van der Waals surface area contributed by atoms with Crippen molar-refractivity contribution in [3.8, 4) is 11.5 Å². The van der Waals surface area contributed by atoms with Crippen LogP contribution in [0.25, 0.3) is 0 Å². The molecule has 0 aliphatic heterocycles. The molecule has 0 radical (unpaired) electrons. The summed E-state index contributed by atoms with van der Waals surface area (Å²) in [6, 6.07) is 3.09. The zero-order valence-corrected chi connectivity index (χ0v) is 12.2. The largest absolute Gasteiger partial charge is 0.504 e. The van der Waals surface area contributed by atoms with E-state index in [9.17, 15) is 9.90 Å². The number of ether oxygens (including phenoxy) is 1. The van der Waals surface area contributed by atoms with Crippen LogP contribution in [-0.4, -0.2) is 40.8 Å². The molecule has 0 saturated carbocycles. The van der Waals surface area contributed by atoms with Gasteiger partial charge in [-0.25, -0.2) is 0 Å². The molecule has 1 rings (SSSR count). The molecule has 0 unspecified atom stereocenters. The highest BCUT2D eigenvalue weighted by atomic mass is 35.5. The lowest BCUT2D eigenvalue weighted by Crippen LogP contribution is -2.47. The predicted molar refractivity (Wildman–Crippen MR) is 72.9 cm³/mol. The van der Waals surface area contributed by atoms with E-state index in [1.165, 1.54) is 13.2 Å². The van der Waals surface area contributed by atoms with Crippen molar-refractivity contribution >= 4 is 17.6 Å². The van der Waals surface area contributed by atoms with Gasteiger partial charge in [-0.05, 0) is 27.0 Å². The number of rotatable bonds is 5. The number of hydrogen-bond acceptors (Lipinski definition) is 4. The van der Waals surface area contributed by atoms with Crippen LogP contribution < -0.4 is 4.74 Å². The quantitative estimate of drug-likeness (QED) is 0.870. The van der Waals surface area contributed by atoms with Gasteiger partial charge in [-0.1, -0.05) is 11.6 Å². The molecule has 1 aromatic carbocycles. The number of phenols is 1. The van der Waals surface area contributed by atoms with Crippen LogP contribution in [0.3, 0.4) is 0 Å². The molecule has 0 saturated heterocycles. The van der Waals surface area contributed by atoms with Gasteiger partial charge in [-0.15, -0.1) is 0 Å². The van der Waals surface area contributed by atoms with E-state index in [1.807, 2.05) is 0 Å². The zero-order valence-electron chi connectivity index (χ0n) is 11.4. The van der Waals surface area contributed by atoms with Gasteiger partial charge in [-0.2, -0.15) is 0 Å². The minimum atomic E-state index is -1.05. The fraction of sp³-hybridized carbons (Fsp3) is 0.462. The van der Waals surface area contributed by atoms with Gasteiger partial charge in [-0.3, -0.25) is 9.69 Å². The molecule has 6 heteroatoms. The molecule has 19 heavy (non-hydrogen) atoms. The number of benzene rings is 1. The van der Waals surface area contributed by atoms with Crippen molar-refractivity contribution in [2.45, 2.75) is 25.9 Å². The van der Waals surface area contributed by atoms with Crippen molar-refractivity contribution in [2.75, 3.05) is 14.2 Å². The second kappa shape index (κ2) is 5.67. The number of nitrogens with zero attached hydrogens (tertiary/aromatic N) is 1. The molecule has 0 amide bonds. The summed E-state index contributed by atoms with van der Waals surface area (Å²) in [5.74, 6) is -0.701. The van der Waals surface area contributed by atoms with Crippen molar-refractivity contribution in [2.24, 2.45) is 0 Å². The van der Waals surface area contributed by atoms with Crippen LogP contribution in [0, 0.1) is 0 Å². The van der Waals surface area contributed by atoms with E-state index in [0.29, 0.717) is 10.6 Å². The summed E-state index contributed by atoms with van der Waals surface area (Å²) in [5, 5.41) is 19.6. The third kappa shape index (κ3) is 3.30. The molecule has 5 nitrogen and oxygen atoms in total. The van der Waals surface area contributed by atoms with Crippen LogP contribution in [-0.2, 0) is 11.3 Å². The van der Waals surface area contributed by atoms with Crippen molar-refractivity contribution in [3.63, 3.8) is 0 Å². The average molecular weight is 288 g/mol. The lowest BCUT2D eigenvalue weighted by atomic mass is 10.0. The van der Waals surface area contributed by atoms with E-state index >= 15 is 0 Å². The maximum absolute atomic E-state index is 11.2. The van der Waals surface area contributed by atoms with Gasteiger partial charge >= 0.3 is 5.97 Å². The standard InChI is InChI=1S/C13H18ClNO4/c1-13(2,12(17)18)15(3)7-8-5-9(14)6-10(19-4)11(8)16/h5-6,16H,7H2,1-4H3,(H,17,18). The first kappa shape index (κ1) is 15.6. The molecule has 0 aromatic heterocycles. The first-order chi connectivity index (χ1) is 8.70. The average Bonchev–Trinajstić information content (AvgIpc) is 2.32. The molecule has 0 fully saturated rings.